The van der Waals surface area contributed by atoms with E-state index in [9.17, 15) is 9.90 Å². The van der Waals surface area contributed by atoms with Gasteiger partial charge in [0.2, 0.25) is 0 Å². The van der Waals surface area contributed by atoms with Gasteiger partial charge in [-0.2, -0.15) is 0 Å². The lowest BCUT2D eigenvalue weighted by Crippen LogP contribution is -2.47. The summed E-state index contributed by atoms with van der Waals surface area (Å²) >= 11 is 3.59. The molecule has 0 bridgehead atoms. The van der Waals surface area contributed by atoms with E-state index >= 15 is 0 Å². The first-order valence-electron chi connectivity index (χ1n) is 8.70. The number of ether oxygens (including phenoxy) is 1. The molecule has 0 saturated heterocycles. The Balaban J connectivity index is 1.75. The van der Waals surface area contributed by atoms with Gasteiger partial charge in [0.25, 0.3) is 0 Å². The summed E-state index contributed by atoms with van der Waals surface area (Å²) in [6, 6.07) is 16.1. The van der Waals surface area contributed by atoms with E-state index in [2.05, 4.69) is 42.0 Å². The van der Waals surface area contributed by atoms with Crippen LogP contribution in [0.25, 0.3) is 0 Å². The highest BCUT2D eigenvalue weighted by molar-refractivity contribution is 9.10. The number of benzene rings is 2. The van der Waals surface area contributed by atoms with Crippen LogP contribution in [-0.4, -0.2) is 16.7 Å². The van der Waals surface area contributed by atoms with Crippen molar-refractivity contribution in [2.24, 2.45) is 5.41 Å². The van der Waals surface area contributed by atoms with E-state index in [1.807, 2.05) is 48.5 Å². The van der Waals surface area contributed by atoms with Crippen molar-refractivity contribution in [3.63, 3.8) is 0 Å². The summed E-state index contributed by atoms with van der Waals surface area (Å²) in [7, 11) is 0. The monoisotopic (exact) mass is 417 g/mol. The number of rotatable bonds is 5. The summed E-state index contributed by atoms with van der Waals surface area (Å²) in [4.78, 5) is 11.3. The molecule has 3 rings (SSSR count). The maximum Gasteiger partial charge on any atom is 0.405 e. The standard InChI is InChI=1S/C21H24BrNO3/c1-20(2,3)21(23-19(24)25)12-16(21)15-9-10-18(17(22)11-15)26-13-14-7-5-4-6-8-14/h4-11,16,23H,12-13H2,1-3H3,(H,24,25). The van der Waals surface area contributed by atoms with Crippen LogP contribution >= 0.6 is 15.9 Å². The summed E-state index contributed by atoms with van der Waals surface area (Å²) in [5, 5.41) is 12.0. The highest BCUT2D eigenvalue weighted by Crippen LogP contribution is 2.60. The number of halogens is 1. The number of hydrogen-bond acceptors (Lipinski definition) is 2. The average molecular weight is 418 g/mol. The van der Waals surface area contributed by atoms with Crippen LogP contribution in [0.5, 0.6) is 5.75 Å². The minimum atomic E-state index is -0.968. The second-order valence-electron chi connectivity index (χ2n) is 7.87. The van der Waals surface area contributed by atoms with Gasteiger partial charge in [-0.3, -0.25) is 0 Å². The van der Waals surface area contributed by atoms with Crippen LogP contribution in [0.1, 0.15) is 44.2 Å². The molecule has 26 heavy (non-hydrogen) atoms. The quantitative estimate of drug-likeness (QED) is 0.668. The predicted molar refractivity (Wildman–Crippen MR) is 106 cm³/mol. The van der Waals surface area contributed by atoms with Crippen LogP contribution in [-0.2, 0) is 6.61 Å². The third-order valence-corrected chi connectivity index (χ3v) is 5.84. The molecule has 1 fully saturated rings. The van der Waals surface area contributed by atoms with E-state index < -0.39 is 11.6 Å². The van der Waals surface area contributed by atoms with Gasteiger partial charge in [0.15, 0.2) is 0 Å². The third-order valence-electron chi connectivity index (χ3n) is 5.22. The lowest BCUT2D eigenvalue weighted by molar-refractivity contribution is 0.167. The molecule has 1 aliphatic carbocycles. The molecule has 138 valence electrons. The largest absolute Gasteiger partial charge is 0.488 e. The van der Waals surface area contributed by atoms with E-state index in [0.717, 1.165) is 27.8 Å². The molecule has 1 saturated carbocycles. The molecular weight excluding hydrogens is 394 g/mol. The number of amides is 1. The van der Waals surface area contributed by atoms with Crippen LogP contribution in [0.3, 0.4) is 0 Å². The van der Waals surface area contributed by atoms with E-state index in [1.165, 1.54) is 0 Å². The fraction of sp³-hybridized carbons (Fsp3) is 0.381. The zero-order valence-electron chi connectivity index (χ0n) is 15.3. The number of carbonyl (C=O) groups is 1. The number of hydrogen-bond donors (Lipinski definition) is 2. The molecule has 2 aromatic carbocycles. The molecule has 2 unspecified atom stereocenters. The first-order valence-corrected chi connectivity index (χ1v) is 9.49. The Kier molecular flexibility index (Phi) is 5.02. The molecule has 2 atom stereocenters. The Morgan fingerprint density at radius 3 is 2.54 bits per heavy atom. The molecule has 0 radical (unpaired) electrons. The molecule has 2 N–H and O–H groups in total. The van der Waals surface area contributed by atoms with Crippen molar-refractivity contribution < 1.29 is 14.6 Å². The van der Waals surface area contributed by atoms with Crippen molar-refractivity contribution in [1.29, 1.82) is 0 Å². The van der Waals surface area contributed by atoms with Gasteiger partial charge in [0.1, 0.15) is 12.4 Å². The van der Waals surface area contributed by atoms with Gasteiger partial charge in [-0.25, -0.2) is 4.79 Å². The summed E-state index contributed by atoms with van der Waals surface area (Å²) in [5.41, 5.74) is 1.64. The van der Waals surface area contributed by atoms with Gasteiger partial charge in [0, 0.05) is 5.92 Å². The Morgan fingerprint density at radius 2 is 1.96 bits per heavy atom. The highest BCUT2D eigenvalue weighted by Gasteiger charge is 2.62. The zero-order valence-corrected chi connectivity index (χ0v) is 16.8. The van der Waals surface area contributed by atoms with Crippen molar-refractivity contribution in [3.8, 4) is 5.75 Å². The SMILES string of the molecule is CC(C)(C)C1(NC(=O)O)CC1c1ccc(OCc2ccccc2)c(Br)c1. The molecule has 0 spiro atoms. The fourth-order valence-corrected chi connectivity index (χ4v) is 4.11. The van der Waals surface area contributed by atoms with Crippen molar-refractivity contribution in [2.75, 3.05) is 0 Å². The van der Waals surface area contributed by atoms with Gasteiger partial charge in [-0.05, 0) is 51.0 Å². The van der Waals surface area contributed by atoms with Crippen molar-refractivity contribution in [3.05, 3.63) is 64.1 Å². The smallest absolute Gasteiger partial charge is 0.405 e. The van der Waals surface area contributed by atoms with Crippen LogP contribution in [0.15, 0.2) is 53.0 Å². The van der Waals surface area contributed by atoms with Crippen LogP contribution < -0.4 is 10.1 Å². The van der Waals surface area contributed by atoms with Crippen LogP contribution in [0.4, 0.5) is 4.79 Å². The topological polar surface area (TPSA) is 58.6 Å². The fourth-order valence-electron chi connectivity index (χ4n) is 3.60. The van der Waals surface area contributed by atoms with Crippen molar-refractivity contribution in [2.45, 2.75) is 45.3 Å². The average Bonchev–Trinajstić information content (AvgIpc) is 3.29. The maximum atomic E-state index is 11.3. The predicted octanol–water partition coefficient (Wildman–Crippen LogP) is 5.57. The Morgan fingerprint density at radius 1 is 1.27 bits per heavy atom. The molecule has 0 aromatic heterocycles. The first-order chi connectivity index (χ1) is 12.2. The molecule has 2 aromatic rings. The lowest BCUT2D eigenvalue weighted by Gasteiger charge is -2.32. The molecule has 1 amide bonds. The lowest BCUT2D eigenvalue weighted by atomic mass is 9.81. The van der Waals surface area contributed by atoms with Gasteiger partial charge < -0.3 is 15.2 Å². The van der Waals surface area contributed by atoms with Crippen LogP contribution in [0.2, 0.25) is 0 Å². The molecule has 0 aliphatic heterocycles. The van der Waals surface area contributed by atoms with Gasteiger partial charge in [0.05, 0.1) is 10.0 Å². The van der Waals surface area contributed by atoms with Gasteiger partial charge in [-0.15, -0.1) is 0 Å². The Hall–Kier alpha value is -2.01. The molecule has 0 heterocycles. The first kappa shape index (κ1) is 18.8. The van der Waals surface area contributed by atoms with Gasteiger partial charge >= 0.3 is 6.09 Å². The molecular formula is C21H24BrNO3. The Bertz CT molecular complexity index is 801. The normalized spacial score (nSPS) is 21.9. The second kappa shape index (κ2) is 6.95. The van der Waals surface area contributed by atoms with Crippen molar-refractivity contribution >= 4 is 22.0 Å². The molecule has 5 heteroatoms. The minimum absolute atomic E-state index is 0.162. The second-order valence-corrected chi connectivity index (χ2v) is 8.73. The van der Waals surface area contributed by atoms with E-state index in [-0.39, 0.29) is 11.3 Å². The van der Waals surface area contributed by atoms with Crippen LogP contribution in [0, 0.1) is 5.41 Å². The maximum absolute atomic E-state index is 11.3. The summed E-state index contributed by atoms with van der Waals surface area (Å²) < 4.78 is 6.79. The summed E-state index contributed by atoms with van der Waals surface area (Å²) in [5.74, 6) is 0.948. The molecule has 1 aliphatic rings. The number of carboxylic acid groups (broad SMARTS) is 1. The number of nitrogens with one attached hydrogen (secondary N) is 1. The van der Waals surface area contributed by atoms with Gasteiger partial charge in [-0.1, -0.05) is 57.2 Å². The summed E-state index contributed by atoms with van der Waals surface area (Å²) in [6.07, 6.45) is -0.163. The highest BCUT2D eigenvalue weighted by atomic mass is 79.9. The van der Waals surface area contributed by atoms with E-state index in [0.29, 0.717) is 6.61 Å². The third kappa shape index (κ3) is 3.73. The Labute approximate surface area is 162 Å². The van der Waals surface area contributed by atoms with E-state index in [1.54, 1.807) is 0 Å². The summed E-state index contributed by atoms with van der Waals surface area (Å²) in [6.45, 7) is 6.74. The zero-order chi connectivity index (χ0) is 18.9. The molecule has 4 nitrogen and oxygen atoms in total. The minimum Gasteiger partial charge on any atom is -0.488 e. The van der Waals surface area contributed by atoms with E-state index in [4.69, 9.17) is 4.74 Å². The van der Waals surface area contributed by atoms with Crippen molar-refractivity contribution in [1.82, 2.24) is 5.32 Å².